The molecule has 1 aromatic carbocycles. The maximum absolute atomic E-state index is 12.6. The first-order chi connectivity index (χ1) is 14.0. The van der Waals surface area contributed by atoms with E-state index < -0.39 is 0 Å². The third-order valence-corrected chi connectivity index (χ3v) is 6.12. The zero-order valence-corrected chi connectivity index (χ0v) is 17.5. The number of piperidine rings is 1. The number of amides is 1. The summed E-state index contributed by atoms with van der Waals surface area (Å²) >= 11 is 0. The number of morpholine rings is 1. The number of nitrogens with one attached hydrogen (secondary N) is 1. The highest BCUT2D eigenvalue weighted by Gasteiger charge is 2.30. The highest BCUT2D eigenvalue weighted by Crippen LogP contribution is 2.28. The number of aromatic nitrogens is 1. The van der Waals surface area contributed by atoms with Gasteiger partial charge in [-0.1, -0.05) is 12.1 Å². The molecule has 2 aromatic rings. The molecule has 2 fully saturated rings. The van der Waals surface area contributed by atoms with Crippen LogP contribution in [0.25, 0.3) is 11.1 Å². The predicted molar refractivity (Wildman–Crippen MR) is 112 cm³/mol. The number of para-hydroxylation sites is 2. The molecule has 7 heteroatoms. The number of benzene rings is 1. The number of carbonyl (C=O) groups excluding carboxylic acids is 1. The Hall–Kier alpha value is -1.96. The summed E-state index contributed by atoms with van der Waals surface area (Å²) in [6, 6.07) is 7.88. The first kappa shape index (κ1) is 20.3. The van der Waals surface area contributed by atoms with Crippen molar-refractivity contribution >= 4 is 17.0 Å². The predicted octanol–water partition coefficient (Wildman–Crippen LogP) is 2.23. The third-order valence-electron chi connectivity index (χ3n) is 6.12. The fourth-order valence-corrected chi connectivity index (χ4v) is 4.32. The standard InChI is InChI=1S/C22H32N4O3/c1-22(2,26-10-12-28-13-11-26)16-23-20(27)15-25-9-5-6-17(14-25)21-24-18-7-3-4-8-19(18)29-21/h3-4,7-8,17H,5-6,9-16H2,1-2H3,(H,23,27). The molecule has 7 nitrogen and oxygen atoms in total. The molecule has 1 N–H and O–H groups in total. The van der Waals surface area contributed by atoms with Crippen molar-refractivity contribution in [2.45, 2.75) is 38.1 Å². The quantitative estimate of drug-likeness (QED) is 0.802. The topological polar surface area (TPSA) is 70.8 Å². The summed E-state index contributed by atoms with van der Waals surface area (Å²) in [5, 5.41) is 3.14. The highest BCUT2D eigenvalue weighted by atomic mass is 16.5. The lowest BCUT2D eigenvalue weighted by Gasteiger charge is -2.41. The highest BCUT2D eigenvalue weighted by molar-refractivity contribution is 5.78. The molecule has 0 spiro atoms. The molecule has 1 atom stereocenters. The maximum Gasteiger partial charge on any atom is 0.234 e. The Morgan fingerprint density at radius 3 is 2.83 bits per heavy atom. The van der Waals surface area contributed by atoms with Crippen LogP contribution < -0.4 is 5.32 Å². The van der Waals surface area contributed by atoms with Gasteiger partial charge in [0.05, 0.1) is 19.8 Å². The van der Waals surface area contributed by atoms with Crippen LogP contribution in [0.1, 0.15) is 38.5 Å². The summed E-state index contributed by atoms with van der Waals surface area (Å²) in [5.74, 6) is 1.13. The zero-order valence-electron chi connectivity index (χ0n) is 17.5. The van der Waals surface area contributed by atoms with Gasteiger partial charge in [0.1, 0.15) is 5.52 Å². The number of nitrogens with zero attached hydrogens (tertiary/aromatic N) is 3. The molecule has 2 saturated heterocycles. The normalized spacial score (nSPS) is 22.1. The minimum Gasteiger partial charge on any atom is -0.440 e. The molecule has 29 heavy (non-hydrogen) atoms. The molecule has 0 radical (unpaired) electrons. The Labute approximate surface area is 172 Å². The molecular formula is C22H32N4O3. The van der Waals surface area contributed by atoms with Crippen molar-refractivity contribution in [3.8, 4) is 0 Å². The van der Waals surface area contributed by atoms with Crippen LogP contribution in [0.5, 0.6) is 0 Å². The van der Waals surface area contributed by atoms with Crippen LogP contribution in [0.2, 0.25) is 0 Å². The average Bonchev–Trinajstić information content (AvgIpc) is 3.18. The SMILES string of the molecule is CC(C)(CNC(=O)CN1CCCC(c2nc3ccccc3o2)C1)N1CCOCC1. The summed E-state index contributed by atoms with van der Waals surface area (Å²) in [4.78, 5) is 21.9. The number of fused-ring (bicyclic) bond motifs is 1. The minimum atomic E-state index is -0.0674. The van der Waals surface area contributed by atoms with Gasteiger partial charge in [-0.2, -0.15) is 0 Å². The molecule has 2 aliphatic heterocycles. The molecule has 1 amide bonds. The Bertz CT molecular complexity index is 795. The number of ether oxygens (including phenoxy) is 1. The number of carbonyl (C=O) groups is 1. The number of hydrogen-bond acceptors (Lipinski definition) is 6. The third kappa shape index (κ3) is 4.97. The van der Waals surface area contributed by atoms with Gasteiger partial charge in [-0.05, 0) is 45.4 Å². The molecule has 0 aliphatic carbocycles. The summed E-state index contributed by atoms with van der Waals surface area (Å²) < 4.78 is 11.4. The number of rotatable bonds is 6. The second kappa shape index (κ2) is 8.81. The summed E-state index contributed by atoms with van der Waals surface area (Å²) in [6.45, 7) is 10.6. The van der Waals surface area contributed by atoms with Crippen LogP contribution in [-0.2, 0) is 9.53 Å². The van der Waals surface area contributed by atoms with Gasteiger partial charge in [-0.15, -0.1) is 0 Å². The van der Waals surface area contributed by atoms with Gasteiger partial charge in [0.2, 0.25) is 5.91 Å². The Morgan fingerprint density at radius 2 is 2.03 bits per heavy atom. The smallest absolute Gasteiger partial charge is 0.234 e. The van der Waals surface area contributed by atoms with Gasteiger partial charge in [-0.25, -0.2) is 4.98 Å². The van der Waals surface area contributed by atoms with E-state index in [1.165, 1.54) is 0 Å². The van der Waals surface area contributed by atoms with Crippen LogP contribution in [0.4, 0.5) is 0 Å². The Morgan fingerprint density at radius 1 is 1.24 bits per heavy atom. The largest absolute Gasteiger partial charge is 0.440 e. The fraction of sp³-hybridized carbons (Fsp3) is 0.636. The van der Waals surface area contributed by atoms with Gasteiger partial charge >= 0.3 is 0 Å². The molecule has 3 heterocycles. The van der Waals surface area contributed by atoms with Gasteiger partial charge in [0, 0.05) is 37.6 Å². The van der Waals surface area contributed by atoms with E-state index in [1.54, 1.807) is 0 Å². The molecule has 1 aromatic heterocycles. The molecule has 0 saturated carbocycles. The fourth-order valence-electron chi connectivity index (χ4n) is 4.32. The van der Waals surface area contributed by atoms with E-state index in [4.69, 9.17) is 9.15 Å². The van der Waals surface area contributed by atoms with Crippen LogP contribution >= 0.6 is 0 Å². The van der Waals surface area contributed by atoms with Crippen LogP contribution in [-0.4, -0.2) is 78.7 Å². The van der Waals surface area contributed by atoms with E-state index in [9.17, 15) is 4.79 Å². The van der Waals surface area contributed by atoms with E-state index in [2.05, 4.69) is 33.9 Å². The monoisotopic (exact) mass is 400 g/mol. The van der Waals surface area contributed by atoms with Crippen molar-refractivity contribution in [1.29, 1.82) is 0 Å². The number of hydrogen-bond donors (Lipinski definition) is 1. The minimum absolute atomic E-state index is 0.0674. The van der Waals surface area contributed by atoms with Crippen molar-refractivity contribution < 1.29 is 13.9 Å². The van der Waals surface area contributed by atoms with Crippen molar-refractivity contribution in [2.75, 3.05) is 52.5 Å². The van der Waals surface area contributed by atoms with Crippen molar-refractivity contribution in [2.24, 2.45) is 0 Å². The van der Waals surface area contributed by atoms with E-state index in [0.29, 0.717) is 13.1 Å². The molecule has 158 valence electrons. The van der Waals surface area contributed by atoms with Crippen molar-refractivity contribution in [3.63, 3.8) is 0 Å². The van der Waals surface area contributed by atoms with E-state index in [0.717, 1.165) is 69.2 Å². The first-order valence-electron chi connectivity index (χ1n) is 10.7. The molecule has 4 rings (SSSR count). The average molecular weight is 401 g/mol. The van der Waals surface area contributed by atoms with E-state index in [-0.39, 0.29) is 17.4 Å². The summed E-state index contributed by atoms with van der Waals surface area (Å²) in [5.41, 5.74) is 1.67. The van der Waals surface area contributed by atoms with Gasteiger partial charge < -0.3 is 14.5 Å². The molecular weight excluding hydrogens is 368 g/mol. The van der Waals surface area contributed by atoms with Gasteiger partial charge in [0.25, 0.3) is 0 Å². The lowest BCUT2D eigenvalue weighted by atomic mass is 9.98. The first-order valence-corrected chi connectivity index (χ1v) is 10.7. The summed E-state index contributed by atoms with van der Waals surface area (Å²) in [6.07, 6.45) is 2.10. The van der Waals surface area contributed by atoms with Gasteiger partial charge in [-0.3, -0.25) is 14.6 Å². The van der Waals surface area contributed by atoms with Gasteiger partial charge in [0.15, 0.2) is 11.5 Å². The maximum atomic E-state index is 12.6. The van der Waals surface area contributed by atoms with Crippen LogP contribution in [0.3, 0.4) is 0 Å². The van der Waals surface area contributed by atoms with Crippen LogP contribution in [0, 0.1) is 0 Å². The molecule has 1 unspecified atom stereocenters. The Kier molecular flexibility index (Phi) is 6.18. The summed E-state index contributed by atoms with van der Waals surface area (Å²) in [7, 11) is 0. The Balaban J connectivity index is 1.29. The van der Waals surface area contributed by atoms with Crippen molar-refractivity contribution in [3.05, 3.63) is 30.2 Å². The number of oxazole rings is 1. The number of likely N-dealkylation sites (tertiary alicyclic amines) is 1. The lowest BCUT2D eigenvalue weighted by molar-refractivity contribution is -0.123. The van der Waals surface area contributed by atoms with Crippen molar-refractivity contribution in [1.82, 2.24) is 20.1 Å². The zero-order chi connectivity index (χ0) is 20.3. The molecule has 2 aliphatic rings. The lowest BCUT2D eigenvalue weighted by Crippen LogP contribution is -2.56. The van der Waals surface area contributed by atoms with E-state index >= 15 is 0 Å². The molecule has 0 bridgehead atoms. The van der Waals surface area contributed by atoms with Crippen LogP contribution in [0.15, 0.2) is 28.7 Å². The second-order valence-electron chi connectivity index (χ2n) is 8.78. The second-order valence-corrected chi connectivity index (χ2v) is 8.78. The van der Waals surface area contributed by atoms with E-state index in [1.807, 2.05) is 24.3 Å².